The summed E-state index contributed by atoms with van der Waals surface area (Å²) in [6.07, 6.45) is 2.32. The summed E-state index contributed by atoms with van der Waals surface area (Å²) in [6.45, 7) is 10.0. The number of benzene rings is 1. The number of rotatable bonds is 6. The SMILES string of the molecule is CC(N)C(N(C)CCCc1ccccc1)C(C)(C)C. The molecule has 1 aromatic rings. The van der Waals surface area contributed by atoms with Crippen molar-refractivity contribution in [1.82, 2.24) is 4.90 Å². The number of nitrogens with zero attached hydrogens (tertiary/aromatic N) is 1. The quantitative estimate of drug-likeness (QED) is 0.852. The molecule has 108 valence electrons. The van der Waals surface area contributed by atoms with Gasteiger partial charge >= 0.3 is 0 Å². The van der Waals surface area contributed by atoms with Crippen molar-refractivity contribution >= 4 is 0 Å². The minimum Gasteiger partial charge on any atom is -0.327 e. The van der Waals surface area contributed by atoms with E-state index in [1.54, 1.807) is 0 Å². The first-order valence-corrected chi connectivity index (χ1v) is 7.32. The van der Waals surface area contributed by atoms with Crippen molar-refractivity contribution in [2.75, 3.05) is 13.6 Å². The van der Waals surface area contributed by atoms with E-state index in [9.17, 15) is 0 Å². The van der Waals surface area contributed by atoms with Gasteiger partial charge in [-0.15, -0.1) is 0 Å². The summed E-state index contributed by atoms with van der Waals surface area (Å²) >= 11 is 0. The fraction of sp³-hybridized carbons (Fsp3) is 0.647. The highest BCUT2D eigenvalue weighted by atomic mass is 15.2. The van der Waals surface area contributed by atoms with Crippen molar-refractivity contribution in [2.24, 2.45) is 11.1 Å². The van der Waals surface area contributed by atoms with Crippen LogP contribution < -0.4 is 5.73 Å². The molecule has 0 fully saturated rings. The molecule has 2 N–H and O–H groups in total. The molecule has 0 amide bonds. The third-order valence-electron chi connectivity index (χ3n) is 3.68. The average molecular weight is 262 g/mol. The van der Waals surface area contributed by atoms with Crippen LogP contribution in [0.5, 0.6) is 0 Å². The van der Waals surface area contributed by atoms with Crippen molar-refractivity contribution in [3.05, 3.63) is 35.9 Å². The van der Waals surface area contributed by atoms with Crippen molar-refractivity contribution < 1.29 is 0 Å². The van der Waals surface area contributed by atoms with Crippen molar-refractivity contribution in [3.63, 3.8) is 0 Å². The summed E-state index contributed by atoms with van der Waals surface area (Å²) in [5, 5.41) is 0. The van der Waals surface area contributed by atoms with Gasteiger partial charge < -0.3 is 10.6 Å². The molecule has 2 nitrogen and oxygen atoms in total. The maximum Gasteiger partial charge on any atom is 0.0289 e. The molecule has 19 heavy (non-hydrogen) atoms. The second-order valence-electron chi connectivity index (χ2n) is 6.74. The Morgan fingerprint density at radius 1 is 1.16 bits per heavy atom. The van der Waals surface area contributed by atoms with Crippen LogP contribution in [-0.4, -0.2) is 30.6 Å². The highest BCUT2D eigenvalue weighted by Gasteiger charge is 2.30. The fourth-order valence-electron chi connectivity index (χ4n) is 3.17. The monoisotopic (exact) mass is 262 g/mol. The van der Waals surface area contributed by atoms with Crippen LogP contribution in [0.3, 0.4) is 0 Å². The lowest BCUT2D eigenvalue weighted by Crippen LogP contribution is -2.52. The summed E-state index contributed by atoms with van der Waals surface area (Å²) in [7, 11) is 2.20. The topological polar surface area (TPSA) is 29.3 Å². The van der Waals surface area contributed by atoms with Crippen LogP contribution >= 0.6 is 0 Å². The average Bonchev–Trinajstić information content (AvgIpc) is 2.27. The van der Waals surface area contributed by atoms with Gasteiger partial charge in [0.05, 0.1) is 0 Å². The zero-order chi connectivity index (χ0) is 14.5. The molecule has 0 aliphatic carbocycles. The highest BCUT2D eigenvalue weighted by Crippen LogP contribution is 2.25. The highest BCUT2D eigenvalue weighted by molar-refractivity contribution is 5.14. The van der Waals surface area contributed by atoms with E-state index in [-0.39, 0.29) is 11.5 Å². The Morgan fingerprint density at radius 3 is 2.21 bits per heavy atom. The molecule has 0 aliphatic rings. The lowest BCUT2D eigenvalue weighted by molar-refractivity contribution is 0.105. The van der Waals surface area contributed by atoms with E-state index in [1.807, 2.05) is 0 Å². The predicted molar refractivity (Wildman–Crippen MR) is 84.3 cm³/mol. The van der Waals surface area contributed by atoms with E-state index < -0.39 is 0 Å². The molecule has 0 spiro atoms. The third-order valence-corrected chi connectivity index (χ3v) is 3.68. The van der Waals surface area contributed by atoms with E-state index in [2.05, 4.69) is 70.0 Å². The van der Waals surface area contributed by atoms with Crippen LogP contribution in [-0.2, 0) is 6.42 Å². The van der Waals surface area contributed by atoms with Gasteiger partial charge in [-0.25, -0.2) is 0 Å². The van der Waals surface area contributed by atoms with Crippen molar-refractivity contribution in [2.45, 2.75) is 52.6 Å². The maximum absolute atomic E-state index is 6.16. The Bertz CT molecular complexity index is 351. The molecule has 0 aliphatic heterocycles. The van der Waals surface area contributed by atoms with Crippen molar-refractivity contribution in [1.29, 1.82) is 0 Å². The van der Waals surface area contributed by atoms with Crippen LogP contribution in [0.25, 0.3) is 0 Å². The Balaban J connectivity index is 2.47. The van der Waals surface area contributed by atoms with Gasteiger partial charge in [0.15, 0.2) is 0 Å². The van der Waals surface area contributed by atoms with Crippen LogP contribution in [0.4, 0.5) is 0 Å². The summed E-state index contributed by atoms with van der Waals surface area (Å²) in [5.41, 5.74) is 7.80. The number of hydrogen-bond acceptors (Lipinski definition) is 2. The molecule has 0 saturated carbocycles. The molecular weight excluding hydrogens is 232 g/mol. The molecule has 2 unspecified atom stereocenters. The van der Waals surface area contributed by atoms with Gasteiger partial charge in [-0.3, -0.25) is 0 Å². The number of hydrogen-bond donors (Lipinski definition) is 1. The van der Waals surface area contributed by atoms with Gasteiger partial charge in [-0.05, 0) is 44.3 Å². The summed E-state index contributed by atoms with van der Waals surface area (Å²) in [4.78, 5) is 2.42. The second kappa shape index (κ2) is 7.06. The molecule has 0 aromatic heterocycles. The van der Waals surface area contributed by atoms with Gasteiger partial charge in [-0.2, -0.15) is 0 Å². The van der Waals surface area contributed by atoms with Gasteiger partial charge in [0, 0.05) is 12.1 Å². The van der Waals surface area contributed by atoms with E-state index in [0.29, 0.717) is 6.04 Å². The van der Waals surface area contributed by atoms with E-state index in [4.69, 9.17) is 5.73 Å². The first-order valence-electron chi connectivity index (χ1n) is 7.32. The second-order valence-corrected chi connectivity index (χ2v) is 6.74. The standard InChI is InChI=1S/C17H30N2/c1-14(18)16(17(2,3)4)19(5)13-9-12-15-10-7-6-8-11-15/h6-8,10-11,14,16H,9,12-13,18H2,1-5H3. The Labute approximate surface area is 119 Å². The number of likely N-dealkylation sites (N-methyl/N-ethyl adjacent to an activating group) is 1. The molecule has 2 heteroatoms. The van der Waals surface area contributed by atoms with Crippen LogP contribution in [0.15, 0.2) is 30.3 Å². The maximum atomic E-state index is 6.16. The minimum atomic E-state index is 0.196. The largest absolute Gasteiger partial charge is 0.327 e. The summed E-state index contributed by atoms with van der Waals surface area (Å²) < 4.78 is 0. The minimum absolute atomic E-state index is 0.196. The van der Waals surface area contributed by atoms with Crippen molar-refractivity contribution in [3.8, 4) is 0 Å². The smallest absolute Gasteiger partial charge is 0.0289 e. The van der Waals surface area contributed by atoms with Crippen LogP contribution in [0.1, 0.15) is 39.7 Å². The molecule has 0 saturated heterocycles. The summed E-state index contributed by atoms with van der Waals surface area (Å²) in [5.74, 6) is 0. The molecular formula is C17H30N2. The van der Waals surface area contributed by atoms with E-state index in [1.165, 1.54) is 12.0 Å². The zero-order valence-electron chi connectivity index (χ0n) is 13.2. The predicted octanol–water partition coefficient (Wildman–Crippen LogP) is 3.31. The zero-order valence-corrected chi connectivity index (χ0v) is 13.2. The lowest BCUT2D eigenvalue weighted by Gasteiger charge is -2.40. The Kier molecular flexibility index (Phi) is 6.02. The molecule has 2 atom stereocenters. The van der Waals surface area contributed by atoms with Crippen LogP contribution in [0, 0.1) is 5.41 Å². The first kappa shape index (κ1) is 16.2. The molecule has 0 heterocycles. The van der Waals surface area contributed by atoms with Gasteiger partial charge in [0.2, 0.25) is 0 Å². The van der Waals surface area contributed by atoms with Crippen LogP contribution in [0.2, 0.25) is 0 Å². The molecule has 0 radical (unpaired) electrons. The third kappa shape index (κ3) is 5.33. The number of nitrogens with two attached hydrogens (primary N) is 1. The van der Waals surface area contributed by atoms with E-state index >= 15 is 0 Å². The molecule has 1 rings (SSSR count). The Hall–Kier alpha value is -0.860. The van der Waals surface area contributed by atoms with E-state index in [0.717, 1.165) is 13.0 Å². The van der Waals surface area contributed by atoms with Gasteiger partial charge in [0.25, 0.3) is 0 Å². The first-order chi connectivity index (χ1) is 8.82. The fourth-order valence-corrected chi connectivity index (χ4v) is 3.17. The van der Waals surface area contributed by atoms with Gasteiger partial charge in [0.1, 0.15) is 0 Å². The Morgan fingerprint density at radius 2 is 1.74 bits per heavy atom. The lowest BCUT2D eigenvalue weighted by atomic mass is 9.82. The number of aryl methyl sites for hydroxylation is 1. The van der Waals surface area contributed by atoms with Gasteiger partial charge in [-0.1, -0.05) is 51.1 Å². The molecule has 1 aromatic carbocycles. The molecule has 0 bridgehead atoms. The summed E-state index contributed by atoms with van der Waals surface area (Å²) in [6, 6.07) is 11.3. The normalized spacial score (nSPS) is 15.5.